The number of ether oxygens (including phenoxy) is 1. The molecule has 0 spiro atoms. The number of hydrogen-bond acceptors (Lipinski definition) is 4. The molecule has 1 rings (SSSR count). The van der Waals surface area contributed by atoms with Crippen molar-refractivity contribution in [1.29, 1.82) is 0 Å². The molecule has 0 saturated carbocycles. The van der Waals surface area contributed by atoms with E-state index in [0.717, 1.165) is 4.31 Å². The molecular weight excluding hydrogens is 322 g/mol. The maximum Gasteiger partial charge on any atom is 0.321 e. The predicted molar refractivity (Wildman–Crippen MR) is 70.6 cm³/mol. The smallest absolute Gasteiger partial charge is 0.321 e. The molecule has 0 bridgehead atoms. The zero-order valence-corrected chi connectivity index (χ0v) is 12.5. The van der Waals surface area contributed by atoms with Crippen LogP contribution in [-0.4, -0.2) is 38.9 Å². The van der Waals surface area contributed by atoms with Gasteiger partial charge in [-0.15, -0.1) is 0 Å². The van der Waals surface area contributed by atoms with E-state index in [1.54, 1.807) is 25.1 Å². The second-order valence-corrected chi connectivity index (χ2v) is 6.20. The molecule has 0 amide bonds. The third-order valence-corrected chi connectivity index (χ3v) is 5.27. The van der Waals surface area contributed by atoms with Crippen LogP contribution in [0.2, 0.25) is 0 Å². The second kappa shape index (κ2) is 6.31. The van der Waals surface area contributed by atoms with Gasteiger partial charge in [0.05, 0.1) is 12.0 Å². The predicted octanol–water partition coefficient (Wildman–Crippen LogP) is 1.63. The monoisotopic (exact) mass is 335 g/mol. The van der Waals surface area contributed by atoms with Crippen molar-refractivity contribution >= 4 is 31.9 Å². The number of sulfonamides is 1. The number of carbonyl (C=O) groups is 1. The minimum Gasteiger partial charge on any atom is -0.468 e. The highest BCUT2D eigenvalue weighted by molar-refractivity contribution is 9.10. The Hall–Kier alpha value is -0.920. The molecule has 0 heterocycles. The Morgan fingerprint density at radius 2 is 2.00 bits per heavy atom. The van der Waals surface area contributed by atoms with Crippen LogP contribution in [0.25, 0.3) is 0 Å². The standard InChI is InChI=1S/C11H14BrNO4S/c1-3-13(8-11(14)17-2)18(15,16)10-7-5-4-6-9(10)12/h4-7H,3,8H2,1-2H3. The minimum absolute atomic E-state index is 0.135. The molecule has 1 aromatic carbocycles. The number of carbonyl (C=O) groups excluding carboxylic acids is 1. The Morgan fingerprint density at radius 3 is 2.50 bits per heavy atom. The van der Waals surface area contributed by atoms with Gasteiger partial charge in [-0.25, -0.2) is 8.42 Å². The molecule has 0 aliphatic carbocycles. The van der Waals surface area contributed by atoms with Crippen LogP contribution in [0.1, 0.15) is 6.92 Å². The summed E-state index contributed by atoms with van der Waals surface area (Å²) in [6.45, 7) is 1.56. The molecular formula is C11H14BrNO4S. The first-order valence-electron chi connectivity index (χ1n) is 5.25. The van der Waals surface area contributed by atoms with Crippen LogP contribution < -0.4 is 0 Å². The largest absolute Gasteiger partial charge is 0.468 e. The third kappa shape index (κ3) is 3.30. The van der Waals surface area contributed by atoms with Crippen LogP contribution in [0.15, 0.2) is 33.6 Å². The van der Waals surface area contributed by atoms with Crippen LogP contribution in [-0.2, 0) is 19.6 Å². The number of likely N-dealkylation sites (N-methyl/N-ethyl adjacent to an activating group) is 1. The lowest BCUT2D eigenvalue weighted by Crippen LogP contribution is -2.36. The topological polar surface area (TPSA) is 63.7 Å². The highest BCUT2D eigenvalue weighted by atomic mass is 79.9. The molecule has 0 aliphatic rings. The van der Waals surface area contributed by atoms with E-state index in [9.17, 15) is 13.2 Å². The Balaban J connectivity index is 3.12. The number of esters is 1. The molecule has 0 radical (unpaired) electrons. The maximum absolute atomic E-state index is 12.3. The Bertz CT molecular complexity index is 530. The summed E-state index contributed by atoms with van der Waals surface area (Å²) >= 11 is 3.19. The van der Waals surface area contributed by atoms with Gasteiger partial charge in [0.2, 0.25) is 10.0 Å². The summed E-state index contributed by atoms with van der Waals surface area (Å²) in [6, 6.07) is 6.47. The van der Waals surface area contributed by atoms with Crippen molar-refractivity contribution in [3.63, 3.8) is 0 Å². The summed E-state index contributed by atoms with van der Waals surface area (Å²) in [5, 5.41) is 0. The fraction of sp³-hybridized carbons (Fsp3) is 0.364. The van der Waals surface area contributed by atoms with E-state index in [1.807, 2.05) is 0 Å². The van der Waals surface area contributed by atoms with Crippen LogP contribution in [0.3, 0.4) is 0 Å². The quantitative estimate of drug-likeness (QED) is 0.767. The molecule has 7 heteroatoms. The van der Waals surface area contributed by atoms with Gasteiger partial charge < -0.3 is 4.74 Å². The van der Waals surface area contributed by atoms with Crippen molar-refractivity contribution in [3.8, 4) is 0 Å². The van der Waals surface area contributed by atoms with Gasteiger partial charge in [0.1, 0.15) is 6.54 Å². The van der Waals surface area contributed by atoms with E-state index >= 15 is 0 Å². The summed E-state index contributed by atoms with van der Waals surface area (Å²) in [4.78, 5) is 11.3. The van der Waals surface area contributed by atoms with Crippen molar-refractivity contribution in [2.45, 2.75) is 11.8 Å². The van der Waals surface area contributed by atoms with Gasteiger partial charge in [-0.2, -0.15) is 4.31 Å². The first-order chi connectivity index (χ1) is 8.43. The van der Waals surface area contributed by atoms with Crippen LogP contribution >= 0.6 is 15.9 Å². The number of rotatable bonds is 5. The lowest BCUT2D eigenvalue weighted by molar-refractivity contribution is -0.140. The second-order valence-electron chi connectivity index (χ2n) is 3.44. The number of nitrogens with zero attached hydrogens (tertiary/aromatic N) is 1. The number of hydrogen-bond donors (Lipinski definition) is 0. The molecule has 0 unspecified atom stereocenters. The molecule has 0 fully saturated rings. The van der Waals surface area contributed by atoms with E-state index in [0.29, 0.717) is 4.47 Å². The molecule has 5 nitrogen and oxygen atoms in total. The molecule has 0 aromatic heterocycles. The summed E-state index contributed by atoms with van der Waals surface area (Å²) in [5.41, 5.74) is 0. The SMILES string of the molecule is CCN(CC(=O)OC)S(=O)(=O)c1ccccc1Br. The molecule has 100 valence electrons. The number of methoxy groups -OCH3 is 1. The first-order valence-corrected chi connectivity index (χ1v) is 7.48. The van der Waals surface area contributed by atoms with Crippen molar-refractivity contribution in [3.05, 3.63) is 28.7 Å². The van der Waals surface area contributed by atoms with Crippen molar-refractivity contribution < 1.29 is 17.9 Å². The molecule has 1 aromatic rings. The molecule has 0 N–H and O–H groups in total. The van der Waals surface area contributed by atoms with Crippen LogP contribution in [0.4, 0.5) is 0 Å². The van der Waals surface area contributed by atoms with Crippen molar-refractivity contribution in [1.82, 2.24) is 4.31 Å². The number of halogens is 1. The minimum atomic E-state index is -3.70. The fourth-order valence-electron chi connectivity index (χ4n) is 1.37. The Labute approximate surface area is 115 Å². The Kier molecular flexibility index (Phi) is 5.30. The maximum atomic E-state index is 12.3. The van der Waals surface area contributed by atoms with Crippen LogP contribution in [0.5, 0.6) is 0 Å². The highest BCUT2D eigenvalue weighted by Gasteiger charge is 2.27. The van der Waals surface area contributed by atoms with Crippen molar-refractivity contribution in [2.24, 2.45) is 0 Å². The summed E-state index contributed by atoms with van der Waals surface area (Å²) < 4.78 is 30.7. The lowest BCUT2D eigenvalue weighted by atomic mass is 10.4. The van der Waals surface area contributed by atoms with Gasteiger partial charge in [-0.05, 0) is 28.1 Å². The van der Waals surface area contributed by atoms with Gasteiger partial charge in [0.15, 0.2) is 0 Å². The Morgan fingerprint density at radius 1 is 1.39 bits per heavy atom. The van der Waals surface area contributed by atoms with E-state index in [2.05, 4.69) is 20.7 Å². The van der Waals surface area contributed by atoms with Gasteiger partial charge in [0.25, 0.3) is 0 Å². The fourth-order valence-corrected chi connectivity index (χ4v) is 3.73. The summed E-state index contributed by atoms with van der Waals surface area (Å²) in [6.07, 6.45) is 0. The van der Waals surface area contributed by atoms with Gasteiger partial charge in [-0.3, -0.25) is 4.79 Å². The third-order valence-electron chi connectivity index (χ3n) is 2.34. The van der Waals surface area contributed by atoms with Gasteiger partial charge in [0, 0.05) is 11.0 Å². The molecule has 0 aliphatic heterocycles. The molecule has 18 heavy (non-hydrogen) atoms. The first kappa shape index (κ1) is 15.1. The van der Waals surface area contributed by atoms with E-state index in [4.69, 9.17) is 0 Å². The summed E-state index contributed by atoms with van der Waals surface area (Å²) in [5.74, 6) is -0.590. The average Bonchev–Trinajstić information content (AvgIpc) is 2.35. The lowest BCUT2D eigenvalue weighted by Gasteiger charge is -2.19. The zero-order chi connectivity index (χ0) is 13.8. The molecule has 0 atom stereocenters. The molecule has 0 saturated heterocycles. The summed E-state index contributed by atoms with van der Waals surface area (Å²) in [7, 11) is -2.48. The van der Waals surface area contributed by atoms with Gasteiger partial charge in [-0.1, -0.05) is 19.1 Å². The van der Waals surface area contributed by atoms with E-state index < -0.39 is 16.0 Å². The van der Waals surface area contributed by atoms with E-state index in [-0.39, 0.29) is 18.0 Å². The number of benzene rings is 1. The van der Waals surface area contributed by atoms with Gasteiger partial charge >= 0.3 is 5.97 Å². The average molecular weight is 336 g/mol. The van der Waals surface area contributed by atoms with Crippen molar-refractivity contribution in [2.75, 3.05) is 20.2 Å². The van der Waals surface area contributed by atoms with Crippen LogP contribution in [0, 0.1) is 0 Å². The normalized spacial score (nSPS) is 11.6. The van der Waals surface area contributed by atoms with E-state index in [1.165, 1.54) is 13.2 Å². The highest BCUT2D eigenvalue weighted by Crippen LogP contribution is 2.24. The zero-order valence-electron chi connectivity index (χ0n) is 10.1.